The van der Waals surface area contributed by atoms with Gasteiger partial charge in [0, 0.05) is 11.4 Å². The minimum absolute atomic E-state index is 0.0538. The van der Waals surface area contributed by atoms with Crippen LogP contribution in [0, 0.1) is 5.92 Å². The Bertz CT molecular complexity index is 1670. The molecular formula is C41H47NO10. The van der Waals surface area contributed by atoms with Crippen LogP contribution in [0.1, 0.15) is 51.3 Å². The molecule has 0 aromatic heterocycles. The first-order chi connectivity index (χ1) is 25.2. The molecule has 1 N–H and O–H groups in total. The number of dihydropyridines is 1. The highest BCUT2D eigenvalue weighted by molar-refractivity contribution is 6.05. The molecule has 2 aliphatic heterocycles. The lowest BCUT2D eigenvalue weighted by Gasteiger charge is -2.45. The van der Waals surface area contributed by atoms with Crippen molar-refractivity contribution in [2.24, 2.45) is 5.92 Å². The van der Waals surface area contributed by atoms with Crippen molar-refractivity contribution in [3.63, 3.8) is 0 Å². The molecule has 1 fully saturated rings. The number of benzene rings is 3. The van der Waals surface area contributed by atoms with Crippen molar-refractivity contribution in [1.82, 2.24) is 5.32 Å². The van der Waals surface area contributed by atoms with Gasteiger partial charge in [0.2, 0.25) is 6.29 Å². The van der Waals surface area contributed by atoms with Crippen LogP contribution in [0.15, 0.2) is 114 Å². The average Bonchev–Trinajstić information content (AvgIpc) is 3.14. The summed E-state index contributed by atoms with van der Waals surface area (Å²) < 4.78 is 42.9. The Morgan fingerprint density at radius 3 is 1.44 bits per heavy atom. The number of allylic oxidation sites excluding steroid dienone is 2. The van der Waals surface area contributed by atoms with E-state index in [1.165, 1.54) is 0 Å². The first kappa shape index (κ1) is 38.4. The standard InChI is InChI=1S/C41H47NO10/c1-6-46-38(43)32-26(3)42-27(4)33(39(44)47-7-2)34(32)40(45)52-41-37(50-25-31-21-15-10-16-22-31)36(49-24-30-19-13-9-14-20-30)35(28(5)51-41)48-23-29-17-11-8-12-18-29/h8-22,28,34-37,41-42H,6-7,23-25H2,1-5H3/t28-,35-,36+,37+,41?/m0/s1. The molecule has 1 unspecified atom stereocenters. The van der Waals surface area contributed by atoms with Gasteiger partial charge in [-0.2, -0.15) is 0 Å². The van der Waals surface area contributed by atoms with Crippen molar-refractivity contribution < 1.29 is 47.5 Å². The van der Waals surface area contributed by atoms with Crippen molar-refractivity contribution in [3.05, 3.63) is 130 Å². The Hall–Kier alpha value is -4.81. The van der Waals surface area contributed by atoms with Crippen LogP contribution in [0.5, 0.6) is 0 Å². The van der Waals surface area contributed by atoms with Gasteiger partial charge in [-0.15, -0.1) is 0 Å². The van der Waals surface area contributed by atoms with Gasteiger partial charge in [0.15, 0.2) is 0 Å². The van der Waals surface area contributed by atoms with Crippen LogP contribution in [0.2, 0.25) is 0 Å². The molecule has 0 aliphatic carbocycles. The van der Waals surface area contributed by atoms with E-state index in [0.29, 0.717) is 11.4 Å². The second-order valence-electron chi connectivity index (χ2n) is 12.5. The monoisotopic (exact) mass is 713 g/mol. The van der Waals surface area contributed by atoms with Gasteiger partial charge < -0.3 is 38.5 Å². The maximum Gasteiger partial charge on any atom is 0.337 e. The molecule has 1 saturated heterocycles. The number of esters is 3. The Morgan fingerprint density at radius 1 is 0.615 bits per heavy atom. The van der Waals surface area contributed by atoms with Crippen LogP contribution in [-0.2, 0) is 67.4 Å². The lowest BCUT2D eigenvalue weighted by molar-refractivity contribution is -0.312. The lowest BCUT2D eigenvalue weighted by atomic mass is 9.85. The van der Waals surface area contributed by atoms with Crippen LogP contribution >= 0.6 is 0 Å². The zero-order chi connectivity index (χ0) is 37.0. The van der Waals surface area contributed by atoms with Gasteiger partial charge in [0.25, 0.3) is 0 Å². The Kier molecular flexibility index (Phi) is 13.8. The lowest BCUT2D eigenvalue weighted by Crippen LogP contribution is -2.60. The molecule has 0 radical (unpaired) electrons. The number of rotatable bonds is 15. The fourth-order valence-electron chi connectivity index (χ4n) is 6.33. The molecule has 3 aromatic rings. The highest BCUT2D eigenvalue weighted by Gasteiger charge is 2.51. The number of nitrogens with one attached hydrogen (secondary N) is 1. The van der Waals surface area contributed by atoms with Gasteiger partial charge >= 0.3 is 17.9 Å². The Labute approximate surface area is 304 Å². The number of carbonyl (C=O) groups is 3. The molecule has 11 heteroatoms. The van der Waals surface area contributed by atoms with E-state index in [4.69, 9.17) is 33.2 Å². The Balaban J connectivity index is 1.51. The number of carbonyl (C=O) groups excluding carboxylic acids is 3. The third-order valence-electron chi connectivity index (χ3n) is 8.80. The summed E-state index contributed by atoms with van der Waals surface area (Å²) in [5.74, 6) is -3.92. The fraction of sp³-hybridized carbons (Fsp3) is 0.390. The quantitative estimate of drug-likeness (QED) is 0.149. The third-order valence-corrected chi connectivity index (χ3v) is 8.80. The number of hydrogen-bond donors (Lipinski definition) is 1. The zero-order valence-corrected chi connectivity index (χ0v) is 30.2. The molecule has 0 spiro atoms. The number of hydrogen-bond acceptors (Lipinski definition) is 11. The molecular weight excluding hydrogens is 666 g/mol. The van der Waals surface area contributed by atoms with Gasteiger partial charge in [-0.25, -0.2) is 9.59 Å². The van der Waals surface area contributed by atoms with Gasteiger partial charge in [-0.05, 0) is 51.3 Å². The summed E-state index contributed by atoms with van der Waals surface area (Å²) in [6.07, 6.45) is -4.40. The molecule has 52 heavy (non-hydrogen) atoms. The molecule has 2 aliphatic rings. The zero-order valence-electron chi connectivity index (χ0n) is 30.2. The second-order valence-corrected chi connectivity index (χ2v) is 12.5. The van der Waals surface area contributed by atoms with E-state index in [1.807, 2.05) is 97.9 Å². The van der Waals surface area contributed by atoms with Gasteiger partial charge in [0.05, 0.1) is 50.3 Å². The molecule has 0 saturated carbocycles. The van der Waals surface area contributed by atoms with E-state index in [1.54, 1.807) is 27.7 Å². The minimum Gasteiger partial charge on any atom is -0.463 e. The SMILES string of the molecule is CCOC(=O)C1=C(C)NC(C)=C(C(=O)OCC)C1C(=O)OC1O[C@@H](C)[C@H](OCc2ccccc2)[C@@H](OCc2ccccc2)[C@H]1OCc1ccccc1. The topological polar surface area (TPSA) is 128 Å². The predicted octanol–water partition coefficient (Wildman–Crippen LogP) is 5.92. The van der Waals surface area contributed by atoms with E-state index >= 15 is 0 Å². The summed E-state index contributed by atoms with van der Waals surface area (Å²) in [6, 6.07) is 29.0. The second kappa shape index (κ2) is 18.6. The highest BCUT2D eigenvalue weighted by atomic mass is 16.7. The van der Waals surface area contributed by atoms with E-state index in [0.717, 1.165) is 16.7 Å². The molecule has 2 heterocycles. The predicted molar refractivity (Wildman–Crippen MR) is 191 cm³/mol. The summed E-state index contributed by atoms with van der Waals surface area (Å²) in [7, 11) is 0. The van der Waals surface area contributed by atoms with Crippen LogP contribution in [0.3, 0.4) is 0 Å². The average molecular weight is 714 g/mol. The minimum atomic E-state index is -1.47. The molecule has 11 nitrogen and oxygen atoms in total. The molecule has 5 atom stereocenters. The van der Waals surface area contributed by atoms with Crippen molar-refractivity contribution >= 4 is 17.9 Å². The molecule has 5 rings (SSSR count). The summed E-state index contributed by atoms with van der Waals surface area (Å²) >= 11 is 0. The van der Waals surface area contributed by atoms with E-state index in [-0.39, 0.29) is 44.2 Å². The van der Waals surface area contributed by atoms with E-state index in [2.05, 4.69) is 5.32 Å². The van der Waals surface area contributed by atoms with Crippen LogP contribution in [-0.4, -0.2) is 61.8 Å². The molecule has 3 aromatic carbocycles. The first-order valence-electron chi connectivity index (χ1n) is 17.6. The largest absolute Gasteiger partial charge is 0.463 e. The summed E-state index contributed by atoms with van der Waals surface area (Å²) in [4.78, 5) is 41.1. The van der Waals surface area contributed by atoms with Gasteiger partial charge in [-0.3, -0.25) is 4.79 Å². The van der Waals surface area contributed by atoms with E-state index in [9.17, 15) is 14.4 Å². The highest BCUT2D eigenvalue weighted by Crippen LogP contribution is 2.36. The third kappa shape index (κ3) is 9.54. The molecule has 0 amide bonds. The van der Waals surface area contributed by atoms with Crippen molar-refractivity contribution in [2.45, 2.75) is 85.1 Å². The summed E-state index contributed by atoms with van der Waals surface area (Å²) in [5, 5.41) is 3.03. The fourth-order valence-corrected chi connectivity index (χ4v) is 6.33. The maximum absolute atomic E-state index is 14.5. The van der Waals surface area contributed by atoms with Gasteiger partial charge in [0.1, 0.15) is 24.2 Å². The smallest absolute Gasteiger partial charge is 0.337 e. The van der Waals surface area contributed by atoms with Crippen molar-refractivity contribution in [3.8, 4) is 0 Å². The van der Waals surface area contributed by atoms with E-state index < -0.39 is 54.5 Å². The van der Waals surface area contributed by atoms with Crippen molar-refractivity contribution in [2.75, 3.05) is 13.2 Å². The first-order valence-corrected chi connectivity index (χ1v) is 17.6. The van der Waals surface area contributed by atoms with Crippen LogP contribution in [0.25, 0.3) is 0 Å². The maximum atomic E-state index is 14.5. The van der Waals surface area contributed by atoms with Gasteiger partial charge in [-0.1, -0.05) is 91.0 Å². The molecule has 276 valence electrons. The summed E-state index contributed by atoms with van der Waals surface area (Å²) in [5.41, 5.74) is 3.32. The van der Waals surface area contributed by atoms with Crippen LogP contribution < -0.4 is 5.32 Å². The Morgan fingerprint density at radius 2 is 1.02 bits per heavy atom. The summed E-state index contributed by atoms with van der Waals surface area (Å²) in [6.45, 7) is 9.12. The normalized spacial score (nSPS) is 22.1. The van der Waals surface area contributed by atoms with Crippen molar-refractivity contribution in [1.29, 1.82) is 0 Å². The molecule has 0 bridgehead atoms. The number of ether oxygens (including phenoxy) is 7. The van der Waals surface area contributed by atoms with Crippen LogP contribution in [0.4, 0.5) is 0 Å².